The lowest BCUT2D eigenvalue weighted by molar-refractivity contribution is -0.277. The summed E-state index contributed by atoms with van der Waals surface area (Å²) < 4.78 is 94.8. The van der Waals surface area contributed by atoms with Crippen molar-refractivity contribution in [1.29, 1.82) is 15.8 Å². The second kappa shape index (κ2) is 11.9. The summed E-state index contributed by atoms with van der Waals surface area (Å²) in [6.07, 6.45) is -11.2. The highest BCUT2D eigenvalue weighted by Gasteiger charge is 2.49. The summed E-state index contributed by atoms with van der Waals surface area (Å²) in [6.45, 7) is 23.3. The Bertz CT molecular complexity index is 2130. The monoisotopic (exact) mass is 648 g/mol. The Morgan fingerprint density at radius 1 is 0.604 bits per heavy atom. The van der Waals surface area contributed by atoms with Crippen LogP contribution < -0.4 is 9.47 Å². The minimum atomic E-state index is -5.62. The number of nitriles is 3. The van der Waals surface area contributed by atoms with Crippen LogP contribution in [0.4, 0.5) is 26.3 Å². The van der Waals surface area contributed by atoms with E-state index in [0.29, 0.717) is 0 Å². The molecule has 0 fully saturated rings. The van der Waals surface area contributed by atoms with E-state index in [1.807, 2.05) is 0 Å². The third-order valence-electron chi connectivity index (χ3n) is 7.07. The van der Waals surface area contributed by atoms with Gasteiger partial charge >= 0.3 is 12.7 Å². The van der Waals surface area contributed by atoms with E-state index in [4.69, 9.17) is 19.7 Å². The number of ether oxygens (including phenoxy) is 2. The fourth-order valence-corrected chi connectivity index (χ4v) is 5.57. The lowest BCUT2D eigenvalue weighted by atomic mass is 9.89. The second-order valence-electron chi connectivity index (χ2n) is 9.58. The van der Waals surface area contributed by atoms with Crippen molar-refractivity contribution in [3.63, 3.8) is 0 Å². The van der Waals surface area contributed by atoms with E-state index >= 15 is 0 Å². The molecule has 0 aliphatic heterocycles. The summed E-state index contributed by atoms with van der Waals surface area (Å²) in [4.78, 5) is 9.55. The molecule has 14 heteroatoms. The molecule has 230 valence electrons. The number of halogens is 6. The number of alkyl halides is 6. The number of hydrogen-bond donors (Lipinski definition) is 0. The predicted molar refractivity (Wildman–Crippen MR) is 157 cm³/mol. The van der Waals surface area contributed by atoms with Gasteiger partial charge in [0.25, 0.3) is 11.4 Å². The first-order valence-corrected chi connectivity index (χ1v) is 13.0. The minimum absolute atomic E-state index is 0.0216. The van der Waals surface area contributed by atoms with Crippen molar-refractivity contribution in [2.24, 2.45) is 0 Å². The highest BCUT2D eigenvalue weighted by atomic mass is 19.4. The van der Waals surface area contributed by atoms with Crippen molar-refractivity contribution in [3.05, 3.63) is 140 Å². The van der Waals surface area contributed by atoms with Gasteiger partial charge in [-0.1, -0.05) is 60.7 Å². The molecule has 2 aliphatic rings. The van der Waals surface area contributed by atoms with E-state index < -0.39 is 91.4 Å². The molecule has 0 saturated heterocycles. The lowest BCUT2D eigenvalue weighted by Gasteiger charge is -2.24. The van der Waals surface area contributed by atoms with Crippen molar-refractivity contribution < 1.29 is 35.8 Å². The molecule has 2 aliphatic carbocycles. The number of fused-ring (bicyclic) bond motifs is 2. The van der Waals surface area contributed by atoms with Gasteiger partial charge in [-0.25, -0.2) is 25.1 Å². The summed E-state index contributed by atoms with van der Waals surface area (Å²) in [5, 5.41) is 30.3. The van der Waals surface area contributed by atoms with Gasteiger partial charge in [-0.15, -0.1) is 26.3 Å². The van der Waals surface area contributed by atoms with Crippen LogP contribution in [0.15, 0.2) is 72.1 Å². The average Bonchev–Trinajstić information content (AvgIpc) is 3.58. The van der Waals surface area contributed by atoms with Crippen molar-refractivity contribution in [2.75, 3.05) is 0 Å². The van der Waals surface area contributed by atoms with Crippen LogP contribution in [0.2, 0.25) is 0 Å². The van der Waals surface area contributed by atoms with Crippen molar-refractivity contribution in [3.8, 4) is 29.7 Å². The van der Waals surface area contributed by atoms with E-state index in [1.54, 1.807) is 6.07 Å². The number of nitrogens with zero attached hydrogens (tertiary/aromatic N) is 6. The summed E-state index contributed by atoms with van der Waals surface area (Å²) in [6, 6.07) is 18.9. The topological polar surface area (TPSA) is 103 Å². The Kier molecular flexibility index (Phi) is 7.98. The van der Waals surface area contributed by atoms with Crippen LogP contribution in [-0.2, 0) is 0 Å². The Morgan fingerprint density at radius 3 is 1.42 bits per heavy atom. The number of rotatable bonds is 4. The van der Waals surface area contributed by atoms with Crippen LogP contribution in [0.25, 0.3) is 48.1 Å². The first kappa shape index (κ1) is 32.1. The normalized spacial score (nSPS) is 15.5. The largest absolute Gasteiger partial charge is 0.573 e. The maximum absolute atomic E-state index is 14.4. The van der Waals surface area contributed by atoms with Crippen molar-refractivity contribution in [2.45, 2.75) is 12.7 Å². The maximum Gasteiger partial charge on any atom is 0.573 e. The second-order valence-corrected chi connectivity index (χ2v) is 9.58. The molecule has 3 aromatic carbocycles. The Morgan fingerprint density at radius 2 is 1.02 bits per heavy atom. The quantitative estimate of drug-likeness (QED) is 0.160. The average molecular weight is 648 g/mol. The zero-order valence-corrected chi connectivity index (χ0v) is 23.5. The van der Waals surface area contributed by atoms with E-state index in [1.165, 1.54) is 72.8 Å². The molecule has 0 bridgehead atoms. The fourth-order valence-electron chi connectivity index (χ4n) is 5.57. The minimum Gasteiger partial charge on any atom is -0.406 e. The third kappa shape index (κ3) is 5.23. The van der Waals surface area contributed by atoms with Gasteiger partial charge in [0.05, 0.1) is 37.4 Å². The molecule has 5 rings (SSSR count). The molecule has 48 heavy (non-hydrogen) atoms. The van der Waals surface area contributed by atoms with Gasteiger partial charge in [0.15, 0.2) is 0 Å². The standard InChI is InChI=1S/C34H10F6N6O2/c1-44-20(15-42)25-22(17-10-6-4-7-11-17)19(14-41)24-27(25)32(48-34(38,39)40)28-26(21(16-43)45-2)23(18-12-8-5-9-13-18)30(46-3)29(28)31(24)47-33(35,36)37/h4-13H/b25-20-,26-21+. The molecule has 0 radical (unpaired) electrons. The number of benzene rings is 3. The van der Waals surface area contributed by atoms with Gasteiger partial charge in [0, 0.05) is 27.8 Å². The number of hydrogen-bond acceptors (Lipinski definition) is 5. The summed E-state index contributed by atoms with van der Waals surface area (Å²) in [5.41, 5.74) is -9.29. The molecule has 3 aromatic rings. The fraction of sp³-hybridized carbons (Fsp3) is 0.0588. The summed E-state index contributed by atoms with van der Waals surface area (Å²) in [5.74, 6) is -2.69. The predicted octanol–water partition coefficient (Wildman–Crippen LogP) is 9.04. The smallest absolute Gasteiger partial charge is 0.406 e. The SMILES string of the molecule is [C-]#[N+]C1=C(c2ccccc2)/C(=C(/C#N)[N+]#[C-])c2c(OC(F)(F)F)c3c(c(OC(F)(F)F)c21)C(C#N)=C(c1ccccc1)/C3=C(\C#N)[N+]#[C-]. The van der Waals surface area contributed by atoms with Gasteiger partial charge < -0.3 is 9.47 Å². The van der Waals surface area contributed by atoms with Gasteiger partial charge in [0.2, 0.25) is 5.70 Å². The summed E-state index contributed by atoms with van der Waals surface area (Å²) in [7, 11) is 0. The highest BCUT2D eigenvalue weighted by molar-refractivity contribution is 6.31. The molecule has 0 heterocycles. The molecule has 0 amide bonds. The van der Waals surface area contributed by atoms with Gasteiger partial charge in [-0.3, -0.25) is 0 Å². The maximum atomic E-state index is 14.4. The molecule has 0 N–H and O–H groups in total. The zero-order chi connectivity index (χ0) is 35.0. The molecule has 0 aromatic heterocycles. The van der Waals surface area contributed by atoms with Crippen LogP contribution in [0.1, 0.15) is 33.4 Å². The Labute approximate surface area is 267 Å². The van der Waals surface area contributed by atoms with Gasteiger partial charge in [-0.05, 0) is 27.8 Å². The van der Waals surface area contributed by atoms with Crippen molar-refractivity contribution in [1.82, 2.24) is 0 Å². The van der Waals surface area contributed by atoms with Gasteiger partial charge in [0.1, 0.15) is 17.6 Å². The Hall–Kier alpha value is -7.26. The molecule has 0 saturated carbocycles. The lowest BCUT2D eigenvalue weighted by Crippen LogP contribution is -2.22. The third-order valence-corrected chi connectivity index (χ3v) is 7.07. The molecular formula is C34H10F6N6O2. The number of allylic oxidation sites excluding steroid dienone is 7. The van der Waals surface area contributed by atoms with Crippen LogP contribution in [0.5, 0.6) is 11.5 Å². The van der Waals surface area contributed by atoms with E-state index in [-0.39, 0.29) is 11.1 Å². The first-order valence-electron chi connectivity index (χ1n) is 13.0. The van der Waals surface area contributed by atoms with E-state index in [0.717, 1.165) is 0 Å². The van der Waals surface area contributed by atoms with Crippen LogP contribution in [-0.4, -0.2) is 12.7 Å². The highest BCUT2D eigenvalue weighted by Crippen LogP contribution is 2.64. The summed E-state index contributed by atoms with van der Waals surface area (Å²) >= 11 is 0. The van der Waals surface area contributed by atoms with Crippen molar-refractivity contribution >= 4 is 33.6 Å². The molecule has 8 nitrogen and oxygen atoms in total. The molecule has 0 spiro atoms. The first-order chi connectivity index (χ1) is 22.8. The van der Waals surface area contributed by atoms with Crippen LogP contribution in [0, 0.1) is 53.7 Å². The van der Waals surface area contributed by atoms with Gasteiger partial charge in [-0.2, -0.15) is 5.26 Å². The zero-order valence-electron chi connectivity index (χ0n) is 23.5. The van der Waals surface area contributed by atoms with Crippen LogP contribution in [0.3, 0.4) is 0 Å². The van der Waals surface area contributed by atoms with E-state index in [2.05, 4.69) is 24.0 Å². The Balaban J connectivity index is 2.20. The molecular weight excluding hydrogens is 638 g/mol. The van der Waals surface area contributed by atoms with Crippen LogP contribution >= 0.6 is 0 Å². The molecule has 0 atom stereocenters. The molecule has 0 unspecified atom stereocenters. The van der Waals surface area contributed by atoms with E-state index in [9.17, 15) is 42.1 Å².